The molecule has 3 N–H and O–H groups in total. The van der Waals surface area contributed by atoms with Crippen molar-refractivity contribution in [2.75, 3.05) is 0 Å². The number of nitrogens with zero attached hydrogens (tertiary/aromatic N) is 2. The number of carbonyl (C=O) groups is 1. The third kappa shape index (κ3) is 5.28. The van der Waals surface area contributed by atoms with Gasteiger partial charge in [-0.25, -0.2) is 4.98 Å². The summed E-state index contributed by atoms with van der Waals surface area (Å²) < 4.78 is 2.90. The highest BCUT2D eigenvalue weighted by atomic mass is 79.9. The first-order valence-corrected chi connectivity index (χ1v) is 6.49. The molecule has 2 aromatic heterocycles. The standard InChI is InChI=1S/C12H15BrN4O.2ClH/c1-8(14)4-12(18)15-5-10-7-17-6-9(13)2-3-11(17)16-10;;/h2-3,6-8H,4-5,14H2,1H3,(H,15,18);2*1H. The molecule has 112 valence electrons. The summed E-state index contributed by atoms with van der Waals surface area (Å²) in [6.45, 7) is 2.23. The van der Waals surface area contributed by atoms with Gasteiger partial charge in [0, 0.05) is 29.3 Å². The number of rotatable bonds is 4. The van der Waals surface area contributed by atoms with Gasteiger partial charge in [-0.15, -0.1) is 24.8 Å². The second-order valence-corrected chi connectivity index (χ2v) is 5.22. The Bertz CT molecular complexity index is 574. The van der Waals surface area contributed by atoms with Gasteiger partial charge in [0.2, 0.25) is 5.91 Å². The molecule has 1 unspecified atom stereocenters. The molecule has 2 heterocycles. The number of carbonyl (C=O) groups excluding carboxylic acids is 1. The summed E-state index contributed by atoms with van der Waals surface area (Å²) in [6, 6.07) is 3.72. The van der Waals surface area contributed by atoms with Crippen LogP contribution in [0.25, 0.3) is 5.65 Å². The van der Waals surface area contributed by atoms with Crippen LogP contribution in [0.4, 0.5) is 0 Å². The number of aromatic nitrogens is 2. The topological polar surface area (TPSA) is 72.4 Å². The van der Waals surface area contributed by atoms with Crippen molar-refractivity contribution in [3.8, 4) is 0 Å². The first-order chi connectivity index (χ1) is 8.54. The van der Waals surface area contributed by atoms with E-state index in [1.807, 2.05) is 35.9 Å². The molecule has 0 fully saturated rings. The minimum absolute atomic E-state index is 0. The summed E-state index contributed by atoms with van der Waals surface area (Å²) in [7, 11) is 0. The maximum absolute atomic E-state index is 11.5. The Balaban J connectivity index is 0.00000180. The SMILES string of the molecule is CC(N)CC(=O)NCc1cn2cc(Br)ccc2n1.Cl.Cl. The second kappa shape index (κ2) is 8.46. The molecular weight excluding hydrogens is 367 g/mol. The van der Waals surface area contributed by atoms with Crippen molar-refractivity contribution in [2.24, 2.45) is 5.73 Å². The number of fused-ring (bicyclic) bond motifs is 1. The first kappa shape index (κ1) is 19.2. The van der Waals surface area contributed by atoms with Crippen molar-refractivity contribution in [3.63, 3.8) is 0 Å². The number of pyridine rings is 1. The average Bonchev–Trinajstić information content (AvgIpc) is 2.67. The van der Waals surface area contributed by atoms with Crippen LogP contribution in [0.15, 0.2) is 29.0 Å². The fraction of sp³-hybridized carbons (Fsp3) is 0.333. The van der Waals surface area contributed by atoms with Gasteiger partial charge < -0.3 is 15.5 Å². The highest BCUT2D eigenvalue weighted by Gasteiger charge is 2.06. The van der Waals surface area contributed by atoms with Crippen molar-refractivity contribution in [2.45, 2.75) is 25.9 Å². The van der Waals surface area contributed by atoms with E-state index in [9.17, 15) is 4.79 Å². The predicted octanol–water partition coefficient (Wildman–Crippen LogP) is 2.29. The molecule has 2 rings (SSSR count). The van der Waals surface area contributed by atoms with E-state index < -0.39 is 0 Å². The zero-order chi connectivity index (χ0) is 13.1. The molecule has 0 aliphatic carbocycles. The summed E-state index contributed by atoms with van der Waals surface area (Å²) in [5.74, 6) is -0.0526. The molecule has 20 heavy (non-hydrogen) atoms. The molecule has 8 heteroatoms. The monoisotopic (exact) mass is 382 g/mol. The molecule has 0 aliphatic rings. The Kier molecular flexibility index (Phi) is 8.12. The molecule has 0 spiro atoms. The van der Waals surface area contributed by atoms with Crippen LogP contribution in [0, 0.1) is 0 Å². The Morgan fingerprint density at radius 3 is 2.80 bits per heavy atom. The number of amides is 1. The quantitative estimate of drug-likeness (QED) is 0.850. The number of nitrogens with two attached hydrogens (primary N) is 1. The minimum Gasteiger partial charge on any atom is -0.350 e. The van der Waals surface area contributed by atoms with Gasteiger partial charge in [0.05, 0.1) is 12.2 Å². The lowest BCUT2D eigenvalue weighted by atomic mass is 10.2. The van der Waals surface area contributed by atoms with E-state index in [2.05, 4.69) is 26.2 Å². The predicted molar refractivity (Wildman–Crippen MR) is 87.5 cm³/mol. The van der Waals surface area contributed by atoms with Crippen molar-refractivity contribution in [3.05, 3.63) is 34.7 Å². The number of halogens is 3. The van der Waals surface area contributed by atoms with Crippen LogP contribution in [-0.4, -0.2) is 21.3 Å². The molecule has 0 saturated heterocycles. The lowest BCUT2D eigenvalue weighted by molar-refractivity contribution is -0.121. The van der Waals surface area contributed by atoms with E-state index in [4.69, 9.17) is 5.73 Å². The zero-order valence-corrected chi connectivity index (χ0v) is 14.1. The number of hydrogen-bond donors (Lipinski definition) is 2. The van der Waals surface area contributed by atoms with Gasteiger partial charge in [0.25, 0.3) is 0 Å². The number of hydrogen-bond acceptors (Lipinski definition) is 3. The minimum atomic E-state index is -0.123. The molecule has 1 amide bonds. The van der Waals surface area contributed by atoms with Gasteiger partial charge in [-0.3, -0.25) is 4.79 Å². The number of nitrogens with one attached hydrogen (secondary N) is 1. The van der Waals surface area contributed by atoms with E-state index in [0.717, 1.165) is 15.8 Å². The Morgan fingerprint density at radius 1 is 1.45 bits per heavy atom. The normalized spacial score (nSPS) is 11.3. The molecule has 0 saturated carbocycles. The van der Waals surface area contributed by atoms with E-state index in [-0.39, 0.29) is 36.8 Å². The summed E-state index contributed by atoms with van der Waals surface area (Å²) in [4.78, 5) is 15.9. The molecule has 0 aromatic carbocycles. The van der Waals surface area contributed by atoms with Gasteiger partial charge >= 0.3 is 0 Å². The summed E-state index contributed by atoms with van der Waals surface area (Å²) in [6.07, 6.45) is 4.15. The van der Waals surface area contributed by atoms with Gasteiger partial charge in [0.15, 0.2) is 0 Å². The van der Waals surface area contributed by atoms with Crippen LogP contribution in [0.3, 0.4) is 0 Å². The largest absolute Gasteiger partial charge is 0.350 e. The third-order valence-corrected chi connectivity index (χ3v) is 2.91. The second-order valence-electron chi connectivity index (χ2n) is 4.30. The van der Waals surface area contributed by atoms with Gasteiger partial charge in [-0.1, -0.05) is 0 Å². The van der Waals surface area contributed by atoms with Crippen LogP contribution < -0.4 is 11.1 Å². The molecule has 2 aromatic rings. The van der Waals surface area contributed by atoms with Crippen molar-refractivity contribution in [1.82, 2.24) is 14.7 Å². The van der Waals surface area contributed by atoms with Crippen molar-refractivity contribution < 1.29 is 4.79 Å². The Labute approximate surface area is 138 Å². The van der Waals surface area contributed by atoms with Crippen molar-refractivity contribution in [1.29, 1.82) is 0 Å². The number of imidazole rings is 1. The summed E-state index contributed by atoms with van der Waals surface area (Å²) >= 11 is 3.40. The van der Waals surface area contributed by atoms with Crippen LogP contribution >= 0.6 is 40.7 Å². The van der Waals surface area contributed by atoms with E-state index >= 15 is 0 Å². The van der Waals surface area contributed by atoms with Crippen LogP contribution in [-0.2, 0) is 11.3 Å². The third-order valence-electron chi connectivity index (χ3n) is 2.44. The fourth-order valence-corrected chi connectivity index (χ4v) is 2.01. The molecule has 0 aliphatic heterocycles. The van der Waals surface area contributed by atoms with E-state index in [0.29, 0.717) is 13.0 Å². The highest BCUT2D eigenvalue weighted by molar-refractivity contribution is 9.10. The summed E-state index contributed by atoms with van der Waals surface area (Å²) in [5, 5.41) is 2.80. The van der Waals surface area contributed by atoms with E-state index in [1.165, 1.54) is 0 Å². The maximum atomic E-state index is 11.5. The molecule has 0 bridgehead atoms. The Hall–Kier alpha value is -0.820. The average molecular weight is 384 g/mol. The van der Waals surface area contributed by atoms with Gasteiger partial charge in [-0.05, 0) is 35.0 Å². The lowest BCUT2D eigenvalue weighted by Crippen LogP contribution is -2.29. The summed E-state index contributed by atoms with van der Waals surface area (Å²) in [5.41, 5.74) is 7.24. The van der Waals surface area contributed by atoms with Crippen LogP contribution in [0.2, 0.25) is 0 Å². The molecule has 1 atom stereocenters. The van der Waals surface area contributed by atoms with Gasteiger partial charge in [0.1, 0.15) is 5.65 Å². The molecule has 0 radical (unpaired) electrons. The molecular formula is C12H17BrCl2N4O. The van der Waals surface area contributed by atoms with E-state index in [1.54, 1.807) is 0 Å². The molecule has 5 nitrogen and oxygen atoms in total. The first-order valence-electron chi connectivity index (χ1n) is 5.70. The lowest BCUT2D eigenvalue weighted by Gasteiger charge is -2.05. The van der Waals surface area contributed by atoms with Crippen LogP contribution in [0.5, 0.6) is 0 Å². The fourth-order valence-electron chi connectivity index (χ4n) is 1.66. The van der Waals surface area contributed by atoms with Crippen LogP contribution in [0.1, 0.15) is 19.0 Å². The highest BCUT2D eigenvalue weighted by Crippen LogP contribution is 2.12. The Morgan fingerprint density at radius 2 is 2.15 bits per heavy atom. The maximum Gasteiger partial charge on any atom is 0.221 e. The smallest absolute Gasteiger partial charge is 0.221 e. The van der Waals surface area contributed by atoms with Crippen molar-refractivity contribution >= 4 is 52.3 Å². The zero-order valence-electron chi connectivity index (χ0n) is 10.9. The van der Waals surface area contributed by atoms with Gasteiger partial charge in [-0.2, -0.15) is 0 Å².